The summed E-state index contributed by atoms with van der Waals surface area (Å²) in [6, 6.07) is 15.7. The Bertz CT molecular complexity index is 1580. The maximum atomic E-state index is 14.1. The van der Waals surface area contributed by atoms with E-state index >= 15 is 0 Å². The number of fused-ring (bicyclic) bond motifs is 2. The molecule has 0 bridgehead atoms. The van der Waals surface area contributed by atoms with Crippen LogP contribution in [-0.4, -0.2) is 31.6 Å². The van der Waals surface area contributed by atoms with E-state index < -0.39 is 23.2 Å². The van der Waals surface area contributed by atoms with Gasteiger partial charge in [-0.3, -0.25) is 9.59 Å². The highest BCUT2D eigenvalue weighted by atomic mass is 19.1. The molecule has 0 spiro atoms. The quantitative estimate of drug-likeness (QED) is 0.196. The van der Waals surface area contributed by atoms with Crippen LogP contribution in [0.4, 0.5) is 4.39 Å². The van der Waals surface area contributed by atoms with Gasteiger partial charge >= 0.3 is 0 Å². The van der Waals surface area contributed by atoms with Crippen LogP contribution in [0.25, 0.3) is 11.0 Å². The highest BCUT2D eigenvalue weighted by Gasteiger charge is 2.43. The van der Waals surface area contributed by atoms with Crippen LogP contribution in [0.1, 0.15) is 65.9 Å². The minimum absolute atomic E-state index is 0.0437. The average Bonchev–Trinajstić information content (AvgIpc) is 3.25. The molecule has 0 aliphatic carbocycles. The molecule has 1 aliphatic heterocycles. The molecule has 7 nitrogen and oxygen atoms in total. The summed E-state index contributed by atoms with van der Waals surface area (Å²) in [5, 5.41) is 0.0850. The van der Waals surface area contributed by atoms with Crippen molar-refractivity contribution < 1.29 is 27.8 Å². The lowest BCUT2D eigenvalue weighted by Crippen LogP contribution is -2.29. The van der Waals surface area contributed by atoms with Crippen molar-refractivity contribution in [2.45, 2.75) is 45.2 Å². The van der Waals surface area contributed by atoms with Crippen LogP contribution in [0.2, 0.25) is 0 Å². The van der Waals surface area contributed by atoms with E-state index in [0.717, 1.165) is 37.3 Å². The third-order valence-electron chi connectivity index (χ3n) is 7.20. The minimum atomic E-state index is -0.777. The predicted molar refractivity (Wildman–Crippen MR) is 150 cm³/mol. The van der Waals surface area contributed by atoms with Crippen LogP contribution in [0.3, 0.4) is 0 Å². The maximum absolute atomic E-state index is 14.1. The van der Waals surface area contributed by atoms with E-state index in [1.54, 1.807) is 31.3 Å². The van der Waals surface area contributed by atoms with Gasteiger partial charge in [0.1, 0.15) is 17.1 Å². The van der Waals surface area contributed by atoms with Gasteiger partial charge in [-0.25, -0.2) is 4.39 Å². The van der Waals surface area contributed by atoms with Crippen LogP contribution in [0.5, 0.6) is 17.2 Å². The Morgan fingerprint density at radius 2 is 1.70 bits per heavy atom. The van der Waals surface area contributed by atoms with Crippen molar-refractivity contribution >= 4 is 16.9 Å². The molecule has 5 rings (SSSR count). The molecule has 3 aromatic carbocycles. The zero-order chi connectivity index (χ0) is 28.2. The summed E-state index contributed by atoms with van der Waals surface area (Å²) in [7, 11) is 3.14. The fraction of sp³-hybridized carbons (Fsp3) is 0.312. The largest absolute Gasteiger partial charge is 0.497 e. The number of rotatable bonds is 11. The fourth-order valence-electron chi connectivity index (χ4n) is 5.11. The van der Waals surface area contributed by atoms with Crippen molar-refractivity contribution in [1.82, 2.24) is 4.90 Å². The third-order valence-corrected chi connectivity index (χ3v) is 7.20. The number of halogens is 1. The first-order valence-electron chi connectivity index (χ1n) is 13.5. The van der Waals surface area contributed by atoms with E-state index in [4.69, 9.17) is 18.6 Å². The van der Waals surface area contributed by atoms with Crippen molar-refractivity contribution in [3.63, 3.8) is 0 Å². The first-order valence-corrected chi connectivity index (χ1v) is 13.5. The predicted octanol–water partition coefficient (Wildman–Crippen LogP) is 6.65. The number of amides is 1. The average molecular weight is 546 g/mol. The van der Waals surface area contributed by atoms with Crippen molar-refractivity contribution in [2.24, 2.45) is 0 Å². The number of carbonyl (C=O) groups is 1. The zero-order valence-electron chi connectivity index (χ0n) is 22.9. The Morgan fingerprint density at radius 3 is 2.42 bits per heavy atom. The molecular formula is C32H32FNO6. The molecule has 1 aliphatic rings. The third kappa shape index (κ3) is 5.26. The SMILES string of the molecule is CCCCCCOc1ccc(C2c3c(oc4ccc(F)cc4c3=O)C(=O)N2Cc2ccc(OC)cc2)cc1OC. The highest BCUT2D eigenvalue weighted by Crippen LogP contribution is 2.42. The van der Waals surface area contributed by atoms with Gasteiger partial charge in [-0.2, -0.15) is 0 Å². The van der Waals surface area contributed by atoms with Crippen molar-refractivity contribution in [3.05, 3.63) is 99.2 Å². The van der Waals surface area contributed by atoms with Crippen molar-refractivity contribution in [1.29, 1.82) is 0 Å². The Labute approximate surface area is 232 Å². The molecular weight excluding hydrogens is 513 g/mol. The second-order valence-electron chi connectivity index (χ2n) is 9.82. The first-order chi connectivity index (χ1) is 19.4. The molecule has 0 fully saturated rings. The van der Waals surface area contributed by atoms with Crippen molar-refractivity contribution in [2.75, 3.05) is 20.8 Å². The van der Waals surface area contributed by atoms with E-state index in [-0.39, 0.29) is 28.8 Å². The van der Waals surface area contributed by atoms with E-state index in [0.29, 0.717) is 29.4 Å². The van der Waals surface area contributed by atoms with E-state index in [2.05, 4.69) is 6.92 Å². The molecule has 208 valence electrons. The number of carbonyl (C=O) groups excluding carboxylic acids is 1. The van der Waals surface area contributed by atoms with Gasteiger partial charge in [0.2, 0.25) is 5.76 Å². The van der Waals surface area contributed by atoms with Crippen LogP contribution in [0.15, 0.2) is 69.9 Å². The van der Waals surface area contributed by atoms with Gasteiger partial charge in [-0.05, 0) is 60.0 Å². The summed E-state index contributed by atoms with van der Waals surface area (Å²) in [5.41, 5.74) is 1.38. The number of unbranched alkanes of at least 4 members (excludes halogenated alkanes) is 3. The number of hydrogen-bond donors (Lipinski definition) is 0. The van der Waals surface area contributed by atoms with Gasteiger partial charge < -0.3 is 23.5 Å². The summed E-state index contributed by atoms with van der Waals surface area (Å²) >= 11 is 0. The number of hydrogen-bond acceptors (Lipinski definition) is 6. The lowest BCUT2D eigenvalue weighted by molar-refractivity contribution is 0.0714. The van der Waals surface area contributed by atoms with Gasteiger partial charge in [-0.1, -0.05) is 44.4 Å². The Hall–Kier alpha value is -4.33. The summed E-state index contributed by atoms with van der Waals surface area (Å²) < 4.78 is 36.9. The second-order valence-corrected chi connectivity index (χ2v) is 9.82. The van der Waals surface area contributed by atoms with Crippen molar-refractivity contribution in [3.8, 4) is 17.2 Å². The van der Waals surface area contributed by atoms with Gasteiger partial charge in [0, 0.05) is 6.54 Å². The molecule has 40 heavy (non-hydrogen) atoms. The van der Waals surface area contributed by atoms with Crippen LogP contribution < -0.4 is 19.6 Å². The topological polar surface area (TPSA) is 78.2 Å². The molecule has 0 saturated heterocycles. The molecule has 2 heterocycles. The van der Waals surface area contributed by atoms with Crippen LogP contribution >= 0.6 is 0 Å². The van der Waals surface area contributed by atoms with E-state index in [1.165, 1.54) is 12.1 Å². The lowest BCUT2D eigenvalue weighted by Gasteiger charge is -2.26. The molecule has 8 heteroatoms. The van der Waals surface area contributed by atoms with Crippen LogP contribution in [-0.2, 0) is 6.54 Å². The molecule has 1 unspecified atom stereocenters. The van der Waals surface area contributed by atoms with Gasteiger partial charge in [0.15, 0.2) is 16.9 Å². The lowest BCUT2D eigenvalue weighted by atomic mass is 9.97. The Morgan fingerprint density at radius 1 is 0.900 bits per heavy atom. The monoisotopic (exact) mass is 545 g/mol. The Balaban J connectivity index is 1.57. The molecule has 1 aromatic heterocycles. The van der Waals surface area contributed by atoms with Crippen LogP contribution in [0, 0.1) is 5.82 Å². The molecule has 4 aromatic rings. The Kier molecular flexibility index (Phi) is 8.05. The van der Waals surface area contributed by atoms with Gasteiger partial charge in [-0.15, -0.1) is 0 Å². The van der Waals surface area contributed by atoms with E-state index in [9.17, 15) is 14.0 Å². The molecule has 1 amide bonds. The summed E-state index contributed by atoms with van der Waals surface area (Å²) in [6.07, 6.45) is 4.31. The molecule has 0 radical (unpaired) electrons. The standard InChI is InChI=1S/C32H32FNO6/c1-4-5-6-7-16-39-26-14-10-21(17-27(26)38-3)29-28-30(35)24-18-22(33)11-15-25(24)40-31(28)32(36)34(29)19-20-8-12-23(37-2)13-9-20/h8-15,17-18,29H,4-7,16,19H2,1-3H3. The second kappa shape index (κ2) is 11.8. The smallest absolute Gasteiger partial charge is 0.291 e. The number of ether oxygens (including phenoxy) is 3. The molecule has 0 N–H and O–H groups in total. The number of methoxy groups -OCH3 is 2. The van der Waals surface area contributed by atoms with Gasteiger partial charge in [0.05, 0.1) is 37.8 Å². The number of benzene rings is 3. The normalized spacial score (nSPS) is 14.4. The zero-order valence-corrected chi connectivity index (χ0v) is 22.9. The minimum Gasteiger partial charge on any atom is -0.497 e. The summed E-state index contributed by atoms with van der Waals surface area (Å²) in [6.45, 7) is 2.93. The van der Waals surface area contributed by atoms with Gasteiger partial charge in [0.25, 0.3) is 5.91 Å². The number of nitrogens with zero attached hydrogens (tertiary/aromatic N) is 1. The molecule has 1 atom stereocenters. The van der Waals surface area contributed by atoms with E-state index in [1.807, 2.05) is 30.3 Å². The first kappa shape index (κ1) is 27.2. The fourth-order valence-corrected chi connectivity index (χ4v) is 5.11. The maximum Gasteiger partial charge on any atom is 0.291 e. The molecule has 0 saturated carbocycles. The summed E-state index contributed by atoms with van der Waals surface area (Å²) in [5.74, 6) is 0.748. The highest BCUT2D eigenvalue weighted by molar-refractivity contribution is 5.99. The summed E-state index contributed by atoms with van der Waals surface area (Å²) in [4.78, 5) is 29.1.